The Morgan fingerprint density at radius 1 is 1.18 bits per heavy atom. The number of rotatable bonds is 5. The Balaban J connectivity index is 2.47. The molecule has 0 bridgehead atoms. The van der Waals surface area contributed by atoms with Gasteiger partial charge in [-0.1, -0.05) is 40.6 Å². The summed E-state index contributed by atoms with van der Waals surface area (Å²) in [5, 5.41) is 7.56. The summed E-state index contributed by atoms with van der Waals surface area (Å²) < 4.78 is 0. The summed E-state index contributed by atoms with van der Waals surface area (Å²) in [4.78, 5) is 5.72. The van der Waals surface area contributed by atoms with Crippen molar-refractivity contribution in [3.05, 3.63) is 56.8 Å². The van der Waals surface area contributed by atoms with Crippen molar-refractivity contribution in [3.63, 3.8) is 0 Å². The molecule has 0 spiro atoms. The first kappa shape index (κ1) is 11.3. The number of benzene rings is 1. The molecule has 0 saturated heterocycles. The average Bonchev–Trinajstić information content (AvgIpc) is 3.20. The van der Waals surface area contributed by atoms with Crippen LogP contribution in [0.1, 0.15) is 18.4 Å². The van der Waals surface area contributed by atoms with Crippen molar-refractivity contribution in [2.24, 2.45) is 16.1 Å². The number of nitrogens with zero attached hydrogens (tertiary/aromatic N) is 6. The zero-order chi connectivity index (χ0) is 12.1. The highest BCUT2D eigenvalue weighted by molar-refractivity contribution is 5.28. The Morgan fingerprint density at radius 3 is 2.41 bits per heavy atom. The van der Waals surface area contributed by atoms with Gasteiger partial charge in [0, 0.05) is 16.4 Å². The first-order valence-electron chi connectivity index (χ1n) is 5.46. The van der Waals surface area contributed by atoms with Crippen molar-refractivity contribution in [1.82, 2.24) is 0 Å². The SMILES string of the molecule is [N-]=[N+]=NCC(N=[N+]=[N-])(c1ccccc1)C1CC1. The molecule has 1 aromatic rings. The van der Waals surface area contributed by atoms with E-state index in [4.69, 9.17) is 11.1 Å². The average molecular weight is 228 g/mol. The Bertz CT molecular complexity index is 482. The summed E-state index contributed by atoms with van der Waals surface area (Å²) in [6.45, 7) is 0.183. The summed E-state index contributed by atoms with van der Waals surface area (Å²) in [5.41, 5.74) is 17.5. The Hall–Kier alpha value is -2.16. The second-order valence-electron chi connectivity index (χ2n) is 4.14. The Kier molecular flexibility index (Phi) is 3.19. The van der Waals surface area contributed by atoms with E-state index in [9.17, 15) is 0 Å². The van der Waals surface area contributed by atoms with Gasteiger partial charge in [-0.2, -0.15) is 0 Å². The molecule has 1 unspecified atom stereocenters. The Morgan fingerprint density at radius 2 is 1.88 bits per heavy atom. The molecule has 0 radical (unpaired) electrons. The number of hydrogen-bond acceptors (Lipinski definition) is 2. The van der Waals surface area contributed by atoms with Crippen molar-refractivity contribution in [1.29, 1.82) is 0 Å². The van der Waals surface area contributed by atoms with Crippen LogP contribution in [0.15, 0.2) is 40.6 Å². The molecule has 0 amide bonds. The highest BCUT2D eigenvalue weighted by atomic mass is 15.2. The van der Waals surface area contributed by atoms with Gasteiger partial charge in [0.05, 0.1) is 5.54 Å². The van der Waals surface area contributed by atoms with Gasteiger partial charge < -0.3 is 0 Å². The van der Waals surface area contributed by atoms with Gasteiger partial charge in [-0.15, -0.1) is 0 Å². The molecule has 17 heavy (non-hydrogen) atoms. The maximum Gasteiger partial charge on any atom is 0.0821 e. The van der Waals surface area contributed by atoms with Crippen molar-refractivity contribution in [3.8, 4) is 0 Å². The third-order valence-electron chi connectivity index (χ3n) is 3.12. The minimum atomic E-state index is -0.706. The smallest absolute Gasteiger partial charge is 0.0821 e. The van der Waals surface area contributed by atoms with Crippen LogP contribution in [0.2, 0.25) is 0 Å². The van der Waals surface area contributed by atoms with Gasteiger partial charge in [0.2, 0.25) is 0 Å². The standard InChI is InChI=1S/C11H12N6/c12-16-14-8-11(15-17-13,10-6-7-10)9-4-2-1-3-5-9/h1-5,10H,6-8H2. The zero-order valence-electron chi connectivity index (χ0n) is 9.27. The first-order chi connectivity index (χ1) is 8.33. The monoisotopic (exact) mass is 228 g/mol. The van der Waals surface area contributed by atoms with Crippen LogP contribution in [0.4, 0.5) is 0 Å². The maximum absolute atomic E-state index is 8.76. The summed E-state index contributed by atoms with van der Waals surface area (Å²) >= 11 is 0. The second kappa shape index (κ2) is 4.78. The van der Waals surface area contributed by atoms with Gasteiger partial charge in [0.25, 0.3) is 0 Å². The highest BCUT2D eigenvalue weighted by Gasteiger charge is 2.45. The molecule has 1 atom stereocenters. The first-order valence-corrected chi connectivity index (χ1v) is 5.46. The van der Waals surface area contributed by atoms with Crippen LogP contribution in [0.25, 0.3) is 20.9 Å². The van der Waals surface area contributed by atoms with Gasteiger partial charge >= 0.3 is 0 Å². The summed E-state index contributed by atoms with van der Waals surface area (Å²) in [6.07, 6.45) is 2.02. The molecule has 1 aliphatic rings. The molecule has 0 aliphatic heterocycles. The zero-order valence-corrected chi connectivity index (χ0v) is 9.27. The fraction of sp³-hybridized carbons (Fsp3) is 0.455. The van der Waals surface area contributed by atoms with E-state index in [2.05, 4.69) is 20.1 Å². The minimum absolute atomic E-state index is 0.183. The lowest BCUT2D eigenvalue weighted by Gasteiger charge is -2.27. The lowest BCUT2D eigenvalue weighted by molar-refractivity contribution is 0.393. The summed E-state index contributed by atoms with van der Waals surface area (Å²) in [5.74, 6) is 0.284. The van der Waals surface area contributed by atoms with Crippen molar-refractivity contribution < 1.29 is 0 Å². The van der Waals surface area contributed by atoms with E-state index in [1.165, 1.54) is 0 Å². The molecule has 6 nitrogen and oxygen atoms in total. The molecule has 1 aromatic carbocycles. The molecule has 1 aliphatic carbocycles. The van der Waals surface area contributed by atoms with Crippen LogP contribution < -0.4 is 0 Å². The van der Waals surface area contributed by atoms with Crippen LogP contribution in [0.3, 0.4) is 0 Å². The fourth-order valence-corrected chi connectivity index (χ4v) is 2.13. The van der Waals surface area contributed by atoms with Crippen LogP contribution in [0, 0.1) is 5.92 Å². The summed E-state index contributed by atoms with van der Waals surface area (Å²) in [7, 11) is 0. The number of azide groups is 2. The predicted molar refractivity (Wildman–Crippen MR) is 64.0 cm³/mol. The van der Waals surface area contributed by atoms with Gasteiger partial charge in [0.15, 0.2) is 0 Å². The highest BCUT2D eigenvalue weighted by Crippen LogP contribution is 2.48. The summed E-state index contributed by atoms with van der Waals surface area (Å²) in [6, 6.07) is 9.54. The van der Waals surface area contributed by atoms with E-state index in [0.29, 0.717) is 0 Å². The quantitative estimate of drug-likeness (QED) is 0.414. The fourth-order valence-electron chi connectivity index (χ4n) is 2.13. The van der Waals surface area contributed by atoms with Crippen molar-refractivity contribution in [2.45, 2.75) is 18.4 Å². The van der Waals surface area contributed by atoms with E-state index in [0.717, 1.165) is 18.4 Å². The number of hydrogen-bond donors (Lipinski definition) is 0. The van der Waals surface area contributed by atoms with E-state index in [1.807, 2.05) is 30.3 Å². The van der Waals surface area contributed by atoms with Crippen LogP contribution in [-0.2, 0) is 5.54 Å². The van der Waals surface area contributed by atoms with E-state index in [1.54, 1.807) is 0 Å². The molecular formula is C11H12N6. The topological polar surface area (TPSA) is 97.5 Å². The third kappa shape index (κ3) is 2.18. The van der Waals surface area contributed by atoms with Crippen LogP contribution in [0.5, 0.6) is 0 Å². The second-order valence-corrected chi connectivity index (χ2v) is 4.14. The van der Waals surface area contributed by atoms with Crippen molar-refractivity contribution >= 4 is 0 Å². The van der Waals surface area contributed by atoms with Gasteiger partial charge in [-0.3, -0.25) is 0 Å². The molecule has 86 valence electrons. The molecular weight excluding hydrogens is 216 g/mol. The van der Waals surface area contributed by atoms with Crippen LogP contribution in [-0.4, -0.2) is 6.54 Å². The van der Waals surface area contributed by atoms with Crippen molar-refractivity contribution in [2.75, 3.05) is 6.54 Å². The van der Waals surface area contributed by atoms with E-state index < -0.39 is 5.54 Å². The molecule has 0 aromatic heterocycles. The normalized spacial score (nSPS) is 17.4. The molecule has 1 saturated carbocycles. The third-order valence-corrected chi connectivity index (χ3v) is 3.12. The lowest BCUT2D eigenvalue weighted by Crippen LogP contribution is -2.29. The van der Waals surface area contributed by atoms with E-state index >= 15 is 0 Å². The van der Waals surface area contributed by atoms with Gasteiger partial charge in [-0.05, 0) is 35.4 Å². The molecule has 0 heterocycles. The van der Waals surface area contributed by atoms with Gasteiger partial charge in [-0.25, -0.2) is 0 Å². The Labute approximate surface area is 98.5 Å². The minimum Gasteiger partial charge on any atom is -0.0929 e. The predicted octanol–water partition coefficient (Wildman–Crippen LogP) is 3.91. The van der Waals surface area contributed by atoms with Gasteiger partial charge in [0.1, 0.15) is 0 Å². The molecule has 1 fully saturated rings. The maximum atomic E-state index is 8.76. The lowest BCUT2D eigenvalue weighted by atomic mass is 9.86. The molecule has 0 N–H and O–H groups in total. The largest absolute Gasteiger partial charge is 0.0929 e. The van der Waals surface area contributed by atoms with Crippen LogP contribution >= 0.6 is 0 Å². The molecule has 6 heteroatoms. The van der Waals surface area contributed by atoms with E-state index in [-0.39, 0.29) is 12.5 Å². The molecule has 2 rings (SSSR count).